The largest absolute Gasteiger partial charge is 0.463 e. The first-order chi connectivity index (χ1) is 11.4. The molecule has 0 saturated heterocycles. The second kappa shape index (κ2) is 5.70. The van der Waals surface area contributed by atoms with Crippen molar-refractivity contribution in [3.63, 3.8) is 0 Å². The number of hydrogen-bond donors (Lipinski definition) is 1. The molecule has 4 aromatic rings. The highest BCUT2D eigenvalue weighted by molar-refractivity contribution is 5.85. The Morgan fingerprint density at radius 3 is 2.70 bits per heavy atom. The van der Waals surface area contributed by atoms with Crippen molar-refractivity contribution in [3.8, 4) is 11.5 Å². The Balaban J connectivity index is 1.81. The Kier molecular flexibility index (Phi) is 3.40. The number of fused-ring (bicyclic) bond motifs is 1. The standard InChI is InChI=1S/C18H16N4O/c19-11-16-18(17-9-4-10-23-17)22(21-20-16)12-14-7-3-6-13-5-1-2-8-15(13)14/h1-10H,11-12,19H2. The lowest BCUT2D eigenvalue weighted by Gasteiger charge is -2.09. The van der Waals surface area contributed by atoms with Crippen LogP contribution in [0.1, 0.15) is 11.3 Å². The second-order valence-electron chi connectivity index (χ2n) is 5.36. The lowest BCUT2D eigenvalue weighted by atomic mass is 10.0. The van der Waals surface area contributed by atoms with Crippen LogP contribution in [-0.2, 0) is 13.1 Å². The molecule has 0 aliphatic carbocycles. The maximum atomic E-state index is 5.80. The maximum absolute atomic E-state index is 5.80. The number of nitrogens with zero attached hydrogens (tertiary/aromatic N) is 3. The van der Waals surface area contributed by atoms with Crippen molar-refractivity contribution in [2.75, 3.05) is 0 Å². The van der Waals surface area contributed by atoms with Gasteiger partial charge in [-0.05, 0) is 28.5 Å². The van der Waals surface area contributed by atoms with Crippen molar-refractivity contribution >= 4 is 10.8 Å². The zero-order valence-electron chi connectivity index (χ0n) is 12.5. The number of hydrogen-bond acceptors (Lipinski definition) is 4. The molecule has 0 aliphatic rings. The van der Waals surface area contributed by atoms with Gasteiger partial charge in [-0.3, -0.25) is 0 Å². The van der Waals surface area contributed by atoms with Gasteiger partial charge in [0, 0.05) is 6.54 Å². The Labute approximate surface area is 133 Å². The van der Waals surface area contributed by atoms with Gasteiger partial charge in [0.1, 0.15) is 11.4 Å². The van der Waals surface area contributed by atoms with Crippen LogP contribution in [0.4, 0.5) is 0 Å². The minimum absolute atomic E-state index is 0.325. The van der Waals surface area contributed by atoms with Crippen molar-refractivity contribution in [1.29, 1.82) is 0 Å². The molecule has 0 spiro atoms. The highest BCUT2D eigenvalue weighted by Gasteiger charge is 2.17. The summed E-state index contributed by atoms with van der Waals surface area (Å²) in [7, 11) is 0. The van der Waals surface area contributed by atoms with Crippen molar-refractivity contribution in [2.24, 2.45) is 5.73 Å². The molecule has 0 fully saturated rings. The van der Waals surface area contributed by atoms with E-state index in [4.69, 9.17) is 10.2 Å². The van der Waals surface area contributed by atoms with E-state index in [2.05, 4.69) is 40.6 Å². The number of nitrogens with two attached hydrogens (primary N) is 1. The van der Waals surface area contributed by atoms with Gasteiger partial charge in [0.2, 0.25) is 0 Å². The van der Waals surface area contributed by atoms with E-state index in [1.165, 1.54) is 16.3 Å². The first-order valence-electron chi connectivity index (χ1n) is 7.50. The van der Waals surface area contributed by atoms with Gasteiger partial charge in [0.25, 0.3) is 0 Å². The van der Waals surface area contributed by atoms with E-state index in [1.807, 2.05) is 28.9 Å². The molecule has 2 N–H and O–H groups in total. The third kappa shape index (κ3) is 2.41. The number of furan rings is 1. The lowest BCUT2D eigenvalue weighted by molar-refractivity contribution is 0.566. The number of benzene rings is 2. The van der Waals surface area contributed by atoms with Crippen LogP contribution < -0.4 is 5.73 Å². The normalized spacial score (nSPS) is 11.2. The lowest BCUT2D eigenvalue weighted by Crippen LogP contribution is -2.05. The molecule has 0 bridgehead atoms. The van der Waals surface area contributed by atoms with Crippen molar-refractivity contribution in [2.45, 2.75) is 13.1 Å². The monoisotopic (exact) mass is 304 g/mol. The summed E-state index contributed by atoms with van der Waals surface area (Å²) in [6.45, 7) is 0.940. The SMILES string of the molecule is NCc1nnn(Cc2cccc3ccccc23)c1-c1ccco1. The van der Waals surface area contributed by atoms with Crippen molar-refractivity contribution < 1.29 is 4.42 Å². The van der Waals surface area contributed by atoms with E-state index in [0.29, 0.717) is 13.1 Å². The van der Waals surface area contributed by atoms with Gasteiger partial charge in [-0.2, -0.15) is 0 Å². The van der Waals surface area contributed by atoms with Crippen LogP contribution in [0.5, 0.6) is 0 Å². The summed E-state index contributed by atoms with van der Waals surface area (Å²) >= 11 is 0. The summed E-state index contributed by atoms with van der Waals surface area (Å²) in [4.78, 5) is 0. The van der Waals surface area contributed by atoms with Gasteiger partial charge in [-0.15, -0.1) is 5.10 Å². The highest BCUT2D eigenvalue weighted by Crippen LogP contribution is 2.25. The third-order valence-corrected chi connectivity index (χ3v) is 3.95. The van der Waals surface area contributed by atoms with Crippen LogP contribution in [0.25, 0.3) is 22.2 Å². The quantitative estimate of drug-likeness (QED) is 0.628. The molecule has 0 amide bonds. The third-order valence-electron chi connectivity index (χ3n) is 3.95. The van der Waals surface area contributed by atoms with Crippen LogP contribution >= 0.6 is 0 Å². The molecule has 114 valence electrons. The van der Waals surface area contributed by atoms with E-state index in [0.717, 1.165) is 17.1 Å². The predicted molar refractivity (Wildman–Crippen MR) is 88.7 cm³/mol. The van der Waals surface area contributed by atoms with E-state index >= 15 is 0 Å². The molecule has 23 heavy (non-hydrogen) atoms. The molecular weight excluding hydrogens is 288 g/mol. The number of aromatic nitrogens is 3. The summed E-state index contributed by atoms with van der Waals surface area (Å²) in [5, 5.41) is 10.9. The van der Waals surface area contributed by atoms with E-state index in [-0.39, 0.29) is 0 Å². The zero-order valence-corrected chi connectivity index (χ0v) is 12.5. The summed E-state index contributed by atoms with van der Waals surface area (Å²) in [5.74, 6) is 0.732. The minimum atomic E-state index is 0.325. The molecule has 5 nitrogen and oxygen atoms in total. The topological polar surface area (TPSA) is 69.9 Å². The molecule has 0 atom stereocenters. The van der Waals surface area contributed by atoms with Crippen molar-refractivity contribution in [3.05, 3.63) is 72.1 Å². The first-order valence-corrected chi connectivity index (χ1v) is 7.50. The predicted octanol–water partition coefficient (Wildman–Crippen LogP) is 3.20. The molecule has 0 aliphatic heterocycles. The second-order valence-corrected chi connectivity index (χ2v) is 5.36. The van der Waals surface area contributed by atoms with Crippen LogP contribution in [0.3, 0.4) is 0 Å². The molecular formula is C18H16N4O. The average molecular weight is 304 g/mol. The fourth-order valence-electron chi connectivity index (χ4n) is 2.87. The smallest absolute Gasteiger partial charge is 0.153 e. The van der Waals surface area contributed by atoms with Crippen LogP contribution in [0.15, 0.2) is 65.3 Å². The Bertz CT molecular complexity index is 935. The summed E-state index contributed by atoms with van der Waals surface area (Å²) in [6.07, 6.45) is 1.64. The Morgan fingerprint density at radius 2 is 1.87 bits per heavy atom. The van der Waals surface area contributed by atoms with Crippen LogP contribution in [0.2, 0.25) is 0 Å². The summed E-state index contributed by atoms with van der Waals surface area (Å²) in [5.41, 5.74) is 8.56. The highest BCUT2D eigenvalue weighted by atomic mass is 16.3. The summed E-state index contributed by atoms with van der Waals surface area (Å²) < 4.78 is 7.38. The van der Waals surface area contributed by atoms with Gasteiger partial charge in [0.05, 0.1) is 12.8 Å². The van der Waals surface area contributed by atoms with Gasteiger partial charge in [-0.25, -0.2) is 4.68 Å². The average Bonchev–Trinajstić information content (AvgIpc) is 3.24. The molecule has 0 radical (unpaired) electrons. The fraction of sp³-hybridized carbons (Fsp3) is 0.111. The van der Waals surface area contributed by atoms with Gasteiger partial charge < -0.3 is 10.2 Å². The molecule has 2 aromatic carbocycles. The van der Waals surface area contributed by atoms with Crippen molar-refractivity contribution in [1.82, 2.24) is 15.0 Å². The van der Waals surface area contributed by atoms with Gasteiger partial charge in [-0.1, -0.05) is 47.7 Å². The fourth-order valence-corrected chi connectivity index (χ4v) is 2.87. The molecule has 2 heterocycles. The van der Waals surface area contributed by atoms with Gasteiger partial charge in [0.15, 0.2) is 5.76 Å². The zero-order chi connectivity index (χ0) is 15.6. The minimum Gasteiger partial charge on any atom is -0.463 e. The van der Waals surface area contributed by atoms with Gasteiger partial charge >= 0.3 is 0 Å². The Hall–Kier alpha value is -2.92. The van der Waals surface area contributed by atoms with E-state index in [9.17, 15) is 0 Å². The molecule has 2 aromatic heterocycles. The molecule has 0 saturated carbocycles. The van der Waals surface area contributed by atoms with Crippen LogP contribution in [0, 0.1) is 0 Å². The van der Waals surface area contributed by atoms with E-state index < -0.39 is 0 Å². The van der Waals surface area contributed by atoms with Crippen LogP contribution in [-0.4, -0.2) is 15.0 Å². The maximum Gasteiger partial charge on any atom is 0.153 e. The molecule has 4 rings (SSSR count). The summed E-state index contributed by atoms with van der Waals surface area (Å²) in [6, 6.07) is 18.4. The molecule has 5 heteroatoms. The number of rotatable bonds is 4. The Morgan fingerprint density at radius 1 is 1.00 bits per heavy atom. The first kappa shape index (κ1) is 13.7. The molecule has 0 unspecified atom stereocenters. The van der Waals surface area contributed by atoms with E-state index in [1.54, 1.807) is 6.26 Å².